The SMILES string of the molecule is CN1C[C@@]2(CCN(C3CCOCC3)C2)OCC1=O. The van der Waals surface area contributed by atoms with Crippen LogP contribution in [0.3, 0.4) is 0 Å². The molecule has 3 saturated heterocycles. The molecule has 18 heavy (non-hydrogen) atoms. The quantitative estimate of drug-likeness (QED) is 0.665. The van der Waals surface area contributed by atoms with Crippen molar-refractivity contribution in [1.82, 2.24) is 9.80 Å². The molecule has 1 spiro atoms. The maximum absolute atomic E-state index is 11.5. The van der Waals surface area contributed by atoms with E-state index in [0.29, 0.717) is 6.04 Å². The summed E-state index contributed by atoms with van der Waals surface area (Å²) in [6, 6.07) is 0.643. The van der Waals surface area contributed by atoms with Gasteiger partial charge in [-0.25, -0.2) is 0 Å². The number of carbonyl (C=O) groups excluding carboxylic acids is 1. The van der Waals surface area contributed by atoms with Gasteiger partial charge in [0.05, 0.1) is 6.54 Å². The van der Waals surface area contributed by atoms with Crippen molar-refractivity contribution in [2.45, 2.75) is 30.9 Å². The van der Waals surface area contributed by atoms with Crippen molar-refractivity contribution in [2.75, 3.05) is 46.5 Å². The molecule has 3 fully saturated rings. The fourth-order valence-corrected chi connectivity index (χ4v) is 3.38. The predicted molar refractivity (Wildman–Crippen MR) is 66.4 cm³/mol. The Balaban J connectivity index is 1.61. The van der Waals surface area contributed by atoms with Crippen LogP contribution in [0.15, 0.2) is 0 Å². The van der Waals surface area contributed by atoms with Gasteiger partial charge < -0.3 is 14.4 Å². The summed E-state index contributed by atoms with van der Waals surface area (Å²) in [6.45, 7) is 4.81. The summed E-state index contributed by atoms with van der Waals surface area (Å²) >= 11 is 0. The summed E-state index contributed by atoms with van der Waals surface area (Å²) in [5, 5.41) is 0. The standard InChI is InChI=1S/C13H22N2O3/c1-14-9-13(18-8-12(14)16)4-5-15(10-13)11-2-6-17-7-3-11/h11H,2-10H2,1H3/t13-/m1/s1. The molecule has 0 bridgehead atoms. The van der Waals surface area contributed by atoms with Gasteiger partial charge in [0, 0.05) is 39.4 Å². The summed E-state index contributed by atoms with van der Waals surface area (Å²) in [5.74, 6) is 0.102. The molecule has 5 heteroatoms. The second-order valence-corrected chi connectivity index (χ2v) is 5.79. The van der Waals surface area contributed by atoms with Crippen LogP contribution in [0.4, 0.5) is 0 Å². The van der Waals surface area contributed by atoms with E-state index in [1.807, 2.05) is 11.9 Å². The van der Waals surface area contributed by atoms with E-state index in [9.17, 15) is 4.79 Å². The topological polar surface area (TPSA) is 42.0 Å². The summed E-state index contributed by atoms with van der Waals surface area (Å²) in [6.07, 6.45) is 3.30. The molecule has 3 aliphatic rings. The zero-order valence-corrected chi connectivity index (χ0v) is 11.1. The number of amides is 1. The molecule has 3 rings (SSSR count). The number of carbonyl (C=O) groups is 1. The normalized spacial score (nSPS) is 35.6. The van der Waals surface area contributed by atoms with Crippen LogP contribution >= 0.6 is 0 Å². The number of hydrogen-bond donors (Lipinski definition) is 0. The molecule has 3 aliphatic heterocycles. The third-order valence-corrected chi connectivity index (χ3v) is 4.51. The maximum atomic E-state index is 11.5. The first kappa shape index (κ1) is 12.4. The zero-order valence-electron chi connectivity index (χ0n) is 11.1. The van der Waals surface area contributed by atoms with E-state index >= 15 is 0 Å². The monoisotopic (exact) mass is 254 g/mol. The predicted octanol–water partition coefficient (Wildman–Crippen LogP) is 0.0985. The summed E-state index contributed by atoms with van der Waals surface area (Å²) in [5.41, 5.74) is -0.110. The Hall–Kier alpha value is -0.650. The minimum Gasteiger partial charge on any atom is -0.381 e. The highest BCUT2D eigenvalue weighted by molar-refractivity contribution is 5.78. The highest BCUT2D eigenvalue weighted by Gasteiger charge is 2.45. The molecule has 0 unspecified atom stereocenters. The van der Waals surface area contributed by atoms with Gasteiger partial charge in [-0.15, -0.1) is 0 Å². The molecule has 0 aromatic rings. The Kier molecular flexibility index (Phi) is 3.30. The first-order chi connectivity index (χ1) is 8.69. The number of likely N-dealkylation sites (N-methyl/N-ethyl adjacent to an activating group) is 1. The first-order valence-corrected chi connectivity index (χ1v) is 6.88. The molecule has 0 N–H and O–H groups in total. The van der Waals surface area contributed by atoms with Crippen molar-refractivity contribution in [2.24, 2.45) is 0 Å². The molecule has 102 valence electrons. The van der Waals surface area contributed by atoms with Gasteiger partial charge in [0.15, 0.2) is 0 Å². The van der Waals surface area contributed by atoms with Crippen molar-refractivity contribution >= 4 is 5.91 Å². The molecule has 3 heterocycles. The third-order valence-electron chi connectivity index (χ3n) is 4.51. The van der Waals surface area contributed by atoms with Gasteiger partial charge in [-0.2, -0.15) is 0 Å². The summed E-state index contributed by atoms with van der Waals surface area (Å²) in [7, 11) is 1.88. The number of hydrogen-bond acceptors (Lipinski definition) is 4. The second-order valence-electron chi connectivity index (χ2n) is 5.79. The van der Waals surface area contributed by atoms with E-state index in [-0.39, 0.29) is 18.1 Å². The average Bonchev–Trinajstić information content (AvgIpc) is 2.80. The smallest absolute Gasteiger partial charge is 0.248 e. The van der Waals surface area contributed by atoms with Crippen molar-refractivity contribution in [3.63, 3.8) is 0 Å². The lowest BCUT2D eigenvalue weighted by atomic mass is 10.0. The molecule has 0 radical (unpaired) electrons. The van der Waals surface area contributed by atoms with E-state index in [0.717, 1.165) is 52.1 Å². The van der Waals surface area contributed by atoms with Gasteiger partial charge in [0.1, 0.15) is 12.2 Å². The molecular formula is C13H22N2O3. The molecule has 0 aromatic heterocycles. The van der Waals surface area contributed by atoms with Crippen LogP contribution in [0.25, 0.3) is 0 Å². The summed E-state index contributed by atoms with van der Waals surface area (Å²) < 4.78 is 11.3. The molecule has 0 aromatic carbocycles. The van der Waals surface area contributed by atoms with E-state index in [2.05, 4.69) is 4.90 Å². The highest BCUT2D eigenvalue weighted by Crippen LogP contribution is 2.32. The fraction of sp³-hybridized carbons (Fsp3) is 0.923. The molecule has 0 aliphatic carbocycles. The zero-order chi connectivity index (χ0) is 12.6. The minimum absolute atomic E-state index is 0.102. The molecule has 1 atom stereocenters. The van der Waals surface area contributed by atoms with Gasteiger partial charge >= 0.3 is 0 Å². The lowest BCUT2D eigenvalue weighted by Gasteiger charge is -2.39. The Morgan fingerprint density at radius 2 is 2.06 bits per heavy atom. The van der Waals surface area contributed by atoms with Gasteiger partial charge in [0.25, 0.3) is 0 Å². The number of nitrogens with zero attached hydrogens (tertiary/aromatic N) is 2. The highest BCUT2D eigenvalue weighted by atomic mass is 16.5. The molecular weight excluding hydrogens is 232 g/mol. The van der Waals surface area contributed by atoms with Crippen LogP contribution in [0, 0.1) is 0 Å². The Morgan fingerprint density at radius 3 is 2.78 bits per heavy atom. The van der Waals surface area contributed by atoms with Gasteiger partial charge in [-0.05, 0) is 19.3 Å². The van der Waals surface area contributed by atoms with Crippen LogP contribution in [0.5, 0.6) is 0 Å². The second kappa shape index (κ2) is 4.79. The van der Waals surface area contributed by atoms with Crippen LogP contribution in [-0.2, 0) is 14.3 Å². The Morgan fingerprint density at radius 1 is 1.28 bits per heavy atom. The van der Waals surface area contributed by atoms with Crippen molar-refractivity contribution in [1.29, 1.82) is 0 Å². The van der Waals surface area contributed by atoms with Gasteiger partial charge in [0.2, 0.25) is 5.91 Å². The van der Waals surface area contributed by atoms with Crippen molar-refractivity contribution in [3.8, 4) is 0 Å². The maximum Gasteiger partial charge on any atom is 0.248 e. The van der Waals surface area contributed by atoms with Crippen LogP contribution in [0.1, 0.15) is 19.3 Å². The van der Waals surface area contributed by atoms with E-state index in [1.165, 1.54) is 0 Å². The van der Waals surface area contributed by atoms with E-state index in [1.54, 1.807) is 0 Å². The number of morpholine rings is 1. The van der Waals surface area contributed by atoms with Crippen molar-refractivity contribution in [3.05, 3.63) is 0 Å². The van der Waals surface area contributed by atoms with Crippen molar-refractivity contribution < 1.29 is 14.3 Å². The van der Waals surface area contributed by atoms with E-state index in [4.69, 9.17) is 9.47 Å². The minimum atomic E-state index is -0.110. The molecule has 0 saturated carbocycles. The lowest BCUT2D eigenvalue weighted by molar-refractivity contribution is -0.159. The van der Waals surface area contributed by atoms with Crippen LogP contribution < -0.4 is 0 Å². The fourth-order valence-electron chi connectivity index (χ4n) is 3.38. The van der Waals surface area contributed by atoms with E-state index < -0.39 is 0 Å². The van der Waals surface area contributed by atoms with Gasteiger partial charge in [-0.1, -0.05) is 0 Å². The molecule has 1 amide bonds. The Bertz CT molecular complexity index is 330. The first-order valence-electron chi connectivity index (χ1n) is 6.88. The number of ether oxygens (including phenoxy) is 2. The Labute approximate surface area is 108 Å². The van der Waals surface area contributed by atoms with Gasteiger partial charge in [-0.3, -0.25) is 9.69 Å². The third kappa shape index (κ3) is 2.27. The largest absolute Gasteiger partial charge is 0.381 e. The van der Waals surface area contributed by atoms with Crippen LogP contribution in [0.2, 0.25) is 0 Å². The average molecular weight is 254 g/mol. The van der Waals surface area contributed by atoms with Crippen LogP contribution in [-0.4, -0.2) is 73.9 Å². The number of rotatable bonds is 1. The number of likely N-dealkylation sites (tertiary alicyclic amines) is 1. The molecule has 5 nitrogen and oxygen atoms in total. The summed E-state index contributed by atoms with van der Waals surface area (Å²) in [4.78, 5) is 15.8. The lowest BCUT2D eigenvalue weighted by Crippen LogP contribution is -2.55.